The molecule has 0 unspecified atom stereocenters. The molecule has 0 aliphatic carbocycles. The van der Waals surface area contributed by atoms with E-state index in [2.05, 4.69) is 183 Å². The number of rotatable bonds is 3. The van der Waals surface area contributed by atoms with E-state index in [4.69, 9.17) is 4.98 Å². The van der Waals surface area contributed by atoms with Crippen LogP contribution >= 0.6 is 0 Å². The van der Waals surface area contributed by atoms with Crippen LogP contribution < -0.4 is 0 Å². The van der Waals surface area contributed by atoms with Crippen molar-refractivity contribution in [3.05, 3.63) is 170 Å². The summed E-state index contributed by atoms with van der Waals surface area (Å²) in [5, 5.41) is 8.88. The first-order valence-corrected chi connectivity index (χ1v) is 16.7. The third-order valence-electron chi connectivity index (χ3n) is 10.2. The zero-order chi connectivity index (χ0) is 32.1. The van der Waals surface area contributed by atoms with E-state index in [9.17, 15) is 0 Å². The van der Waals surface area contributed by atoms with Crippen molar-refractivity contribution in [2.75, 3.05) is 0 Å². The number of hydrogen-bond donors (Lipinski definition) is 0. The van der Waals surface area contributed by atoms with E-state index in [0.29, 0.717) is 0 Å². The molecule has 4 heteroatoms. The van der Waals surface area contributed by atoms with Crippen molar-refractivity contribution in [2.24, 2.45) is 0 Å². The summed E-state index contributed by atoms with van der Waals surface area (Å²) in [6.07, 6.45) is 0. The molecule has 0 atom stereocenters. The summed E-state index contributed by atoms with van der Waals surface area (Å²) in [5.41, 5.74) is 10.00. The molecule has 228 valence electrons. The summed E-state index contributed by atoms with van der Waals surface area (Å²) < 4.78 is 7.05. The van der Waals surface area contributed by atoms with Gasteiger partial charge in [-0.15, -0.1) is 0 Å². The second-order valence-electron chi connectivity index (χ2n) is 12.8. The fourth-order valence-corrected chi connectivity index (χ4v) is 8.09. The molecule has 0 saturated heterocycles. The lowest BCUT2D eigenvalue weighted by Crippen LogP contribution is -1.97. The van der Waals surface area contributed by atoms with Gasteiger partial charge in [0.1, 0.15) is 5.52 Å². The van der Waals surface area contributed by atoms with Gasteiger partial charge in [-0.05, 0) is 92.0 Å². The SMILES string of the molecule is c1ccc(-n2c3c4ccccc4n(-c4ccccc4)c3n3c4ccc(-c5ccc6c7ccccc7c7ccccc7c6c5)cc4nc23)cc1. The standard InChI is InChI=1S/C45H28N4/c1-3-13-31(14-4-1)47-41-22-12-11-21-38(41)43-44(47)49-42-26-24-30(28-40(42)46-45(49)48(43)32-15-5-2-6-16-32)29-23-25-37-35-19-8-7-17-33(35)34-18-9-10-20-36(34)39(37)27-29/h1-28H. The molecule has 0 bridgehead atoms. The Labute approximate surface area is 281 Å². The highest BCUT2D eigenvalue weighted by molar-refractivity contribution is 6.25. The summed E-state index contributed by atoms with van der Waals surface area (Å²) in [4.78, 5) is 5.39. The van der Waals surface area contributed by atoms with E-state index in [1.165, 1.54) is 48.8 Å². The minimum absolute atomic E-state index is 0.898. The maximum Gasteiger partial charge on any atom is 0.221 e. The van der Waals surface area contributed by atoms with Crippen molar-refractivity contribution in [2.45, 2.75) is 0 Å². The number of hydrogen-bond acceptors (Lipinski definition) is 1. The van der Waals surface area contributed by atoms with Gasteiger partial charge < -0.3 is 0 Å². The Kier molecular flexibility index (Phi) is 5.35. The monoisotopic (exact) mass is 624 g/mol. The first-order chi connectivity index (χ1) is 24.3. The van der Waals surface area contributed by atoms with E-state index in [0.717, 1.165) is 44.9 Å². The van der Waals surface area contributed by atoms with Gasteiger partial charge in [0.05, 0.1) is 16.6 Å². The second kappa shape index (κ2) is 9.93. The van der Waals surface area contributed by atoms with Crippen LogP contribution in [0.4, 0.5) is 0 Å². The van der Waals surface area contributed by atoms with Crippen LogP contribution in [0.5, 0.6) is 0 Å². The Morgan fingerprint density at radius 3 is 1.55 bits per heavy atom. The fourth-order valence-electron chi connectivity index (χ4n) is 8.09. The van der Waals surface area contributed by atoms with Crippen LogP contribution in [-0.4, -0.2) is 18.5 Å². The van der Waals surface area contributed by atoms with Crippen molar-refractivity contribution in [1.82, 2.24) is 18.5 Å². The molecule has 0 amide bonds. The minimum Gasteiger partial charge on any atom is -0.294 e. The van der Waals surface area contributed by atoms with Gasteiger partial charge in [0, 0.05) is 16.8 Å². The Hall–Kier alpha value is -6.65. The smallest absolute Gasteiger partial charge is 0.221 e. The Balaban J connectivity index is 1.21. The van der Waals surface area contributed by atoms with Gasteiger partial charge in [-0.1, -0.05) is 121 Å². The predicted octanol–water partition coefficient (Wildman–Crippen LogP) is 11.5. The van der Waals surface area contributed by atoms with Crippen LogP contribution in [0.1, 0.15) is 0 Å². The van der Waals surface area contributed by atoms with Crippen molar-refractivity contribution in [3.8, 4) is 22.5 Å². The van der Waals surface area contributed by atoms with Gasteiger partial charge in [0.15, 0.2) is 5.65 Å². The van der Waals surface area contributed by atoms with Crippen LogP contribution in [0.3, 0.4) is 0 Å². The number of nitrogens with zero attached hydrogens (tertiary/aromatic N) is 4. The molecule has 11 aromatic rings. The van der Waals surface area contributed by atoms with Crippen LogP contribution in [0.15, 0.2) is 170 Å². The van der Waals surface area contributed by atoms with Crippen LogP contribution in [0.2, 0.25) is 0 Å². The lowest BCUT2D eigenvalue weighted by molar-refractivity contribution is 1.09. The van der Waals surface area contributed by atoms with E-state index in [1.807, 2.05) is 0 Å². The second-order valence-corrected chi connectivity index (χ2v) is 12.8. The lowest BCUT2D eigenvalue weighted by atomic mass is 9.92. The highest BCUT2D eigenvalue weighted by atomic mass is 15.3. The fraction of sp³-hybridized carbons (Fsp3) is 0. The molecule has 0 fully saturated rings. The molecule has 0 saturated carbocycles. The largest absolute Gasteiger partial charge is 0.294 e. The summed E-state index contributed by atoms with van der Waals surface area (Å²) in [5.74, 6) is 0.898. The number of para-hydroxylation sites is 3. The molecule has 0 radical (unpaired) electrons. The molecule has 3 heterocycles. The van der Waals surface area contributed by atoms with Gasteiger partial charge in [-0.3, -0.25) is 13.5 Å². The number of fused-ring (bicyclic) bond motifs is 13. The third-order valence-corrected chi connectivity index (χ3v) is 10.2. The number of aromatic nitrogens is 4. The van der Waals surface area contributed by atoms with E-state index < -0.39 is 0 Å². The van der Waals surface area contributed by atoms with Crippen LogP contribution in [-0.2, 0) is 0 Å². The zero-order valence-electron chi connectivity index (χ0n) is 26.5. The number of benzene rings is 8. The normalized spacial score (nSPS) is 12.1. The average molecular weight is 625 g/mol. The molecule has 8 aromatic carbocycles. The first kappa shape index (κ1) is 26.4. The Bertz CT molecular complexity index is 3050. The molecule has 11 rings (SSSR count). The van der Waals surface area contributed by atoms with Crippen LogP contribution in [0, 0.1) is 0 Å². The van der Waals surface area contributed by atoms with Crippen LogP contribution in [0.25, 0.3) is 93.7 Å². The summed E-state index contributed by atoms with van der Waals surface area (Å²) in [7, 11) is 0. The number of imidazole rings is 2. The van der Waals surface area contributed by atoms with Gasteiger partial charge in [-0.25, -0.2) is 4.98 Å². The summed E-state index contributed by atoms with van der Waals surface area (Å²) >= 11 is 0. The average Bonchev–Trinajstić information content (AvgIpc) is 3.81. The molecule has 49 heavy (non-hydrogen) atoms. The quantitative estimate of drug-likeness (QED) is 0.180. The van der Waals surface area contributed by atoms with Gasteiger partial charge in [0.25, 0.3) is 0 Å². The molecule has 0 aliphatic rings. The molecular weight excluding hydrogens is 597 g/mol. The summed E-state index contributed by atoms with van der Waals surface area (Å²) in [6, 6.07) is 61.1. The highest BCUT2D eigenvalue weighted by Gasteiger charge is 2.25. The molecule has 0 aliphatic heterocycles. The maximum absolute atomic E-state index is 5.39. The minimum atomic E-state index is 0.898. The van der Waals surface area contributed by atoms with Crippen molar-refractivity contribution in [3.63, 3.8) is 0 Å². The van der Waals surface area contributed by atoms with E-state index >= 15 is 0 Å². The molecule has 0 N–H and O–H groups in total. The molecule has 0 spiro atoms. The third kappa shape index (κ3) is 3.66. The highest BCUT2D eigenvalue weighted by Crippen LogP contribution is 2.40. The van der Waals surface area contributed by atoms with Gasteiger partial charge >= 0.3 is 0 Å². The lowest BCUT2D eigenvalue weighted by Gasteiger charge is -2.12. The molecule has 3 aromatic heterocycles. The van der Waals surface area contributed by atoms with Crippen molar-refractivity contribution < 1.29 is 0 Å². The topological polar surface area (TPSA) is 27.2 Å². The van der Waals surface area contributed by atoms with Crippen molar-refractivity contribution in [1.29, 1.82) is 0 Å². The zero-order valence-corrected chi connectivity index (χ0v) is 26.5. The predicted molar refractivity (Wildman–Crippen MR) is 204 cm³/mol. The van der Waals surface area contributed by atoms with E-state index in [1.54, 1.807) is 0 Å². The van der Waals surface area contributed by atoms with E-state index in [-0.39, 0.29) is 0 Å². The molecular formula is C45H28N4. The van der Waals surface area contributed by atoms with Crippen molar-refractivity contribution >= 4 is 71.2 Å². The maximum atomic E-state index is 5.39. The van der Waals surface area contributed by atoms with Gasteiger partial charge in [-0.2, -0.15) is 0 Å². The first-order valence-electron chi connectivity index (χ1n) is 16.7. The Morgan fingerprint density at radius 1 is 0.367 bits per heavy atom. The molecule has 4 nitrogen and oxygen atoms in total. The van der Waals surface area contributed by atoms with Gasteiger partial charge in [0.2, 0.25) is 5.78 Å². The Morgan fingerprint density at radius 2 is 0.878 bits per heavy atom. The summed E-state index contributed by atoms with van der Waals surface area (Å²) in [6.45, 7) is 0.